The van der Waals surface area contributed by atoms with Crippen LogP contribution < -0.4 is 5.32 Å². The molecular weight excluding hydrogens is 223 g/mol. The number of nitrogens with one attached hydrogen (secondary N) is 1. The normalized spacial score (nSPS) is 15.1. The lowest BCUT2D eigenvalue weighted by Gasteiger charge is -2.08. The summed E-state index contributed by atoms with van der Waals surface area (Å²) in [6, 6.07) is 1.07. The summed E-state index contributed by atoms with van der Waals surface area (Å²) in [5.74, 6) is -0.519. The summed E-state index contributed by atoms with van der Waals surface area (Å²) in [6.07, 6.45) is 0.632. The highest BCUT2D eigenvalue weighted by Gasteiger charge is 2.29. The molecule has 80 valence electrons. The van der Waals surface area contributed by atoms with Crippen molar-refractivity contribution in [1.29, 1.82) is 0 Å². The summed E-state index contributed by atoms with van der Waals surface area (Å²) in [6.45, 7) is 0. The molecule has 0 bridgehead atoms. The summed E-state index contributed by atoms with van der Waals surface area (Å²) in [5, 5.41) is 10.5. The summed E-state index contributed by atoms with van der Waals surface area (Å²) in [4.78, 5) is 14.3. The van der Waals surface area contributed by atoms with E-state index in [0.717, 1.165) is 18.9 Å². The van der Waals surface area contributed by atoms with Crippen LogP contribution in [0.5, 0.6) is 0 Å². The van der Waals surface area contributed by atoms with Crippen molar-refractivity contribution in [2.45, 2.75) is 18.8 Å². The first kappa shape index (κ1) is 10.2. The third kappa shape index (κ3) is 2.18. The molecule has 4 nitrogen and oxygen atoms in total. The van der Waals surface area contributed by atoms with Crippen LogP contribution in [0.3, 0.4) is 0 Å². The van der Waals surface area contributed by atoms with E-state index in [1.165, 1.54) is 0 Å². The Morgan fingerprint density at radius 2 is 2.33 bits per heavy atom. The zero-order valence-corrected chi connectivity index (χ0v) is 8.38. The Balaban J connectivity index is 2.40. The van der Waals surface area contributed by atoms with E-state index in [0.29, 0.717) is 5.69 Å². The molecule has 0 saturated heterocycles. The number of amides is 1. The zero-order valence-electron chi connectivity index (χ0n) is 7.63. The maximum Gasteiger partial charge on any atom is 0.409 e. The molecule has 0 unspecified atom stereocenters. The molecule has 0 spiro atoms. The quantitative estimate of drug-likeness (QED) is 0.768. The van der Waals surface area contributed by atoms with E-state index < -0.39 is 11.9 Å². The van der Waals surface area contributed by atoms with Gasteiger partial charge in [-0.05, 0) is 12.8 Å². The Hall–Kier alpha value is -1.36. The number of carbonyl (C=O) groups is 1. The second kappa shape index (κ2) is 3.66. The van der Waals surface area contributed by atoms with Gasteiger partial charge < -0.3 is 5.11 Å². The monoisotopic (exact) mass is 230 g/mol. The van der Waals surface area contributed by atoms with Gasteiger partial charge in [0.2, 0.25) is 0 Å². The predicted octanol–water partition coefficient (Wildman–Crippen LogP) is 2.84. The smallest absolute Gasteiger partial charge is 0.409 e. The van der Waals surface area contributed by atoms with Crippen LogP contribution in [0.2, 0.25) is 5.15 Å². The van der Waals surface area contributed by atoms with E-state index in [-0.39, 0.29) is 16.8 Å². The second-order valence-corrected chi connectivity index (χ2v) is 3.76. The molecule has 1 aromatic rings. The minimum atomic E-state index is -1.24. The number of rotatable bonds is 2. The van der Waals surface area contributed by atoms with Crippen molar-refractivity contribution >= 4 is 23.4 Å². The highest BCUT2D eigenvalue weighted by atomic mass is 35.5. The number of pyridine rings is 1. The van der Waals surface area contributed by atoms with E-state index in [2.05, 4.69) is 10.3 Å². The topological polar surface area (TPSA) is 62.2 Å². The Bertz CT molecular complexity index is 421. The molecule has 0 atom stereocenters. The molecular formula is C9H8ClFN2O2. The van der Waals surface area contributed by atoms with E-state index in [1.807, 2.05) is 0 Å². The Labute approximate surface area is 90.1 Å². The van der Waals surface area contributed by atoms with Crippen molar-refractivity contribution in [1.82, 2.24) is 4.98 Å². The number of anilines is 1. The molecule has 1 aliphatic rings. The van der Waals surface area contributed by atoms with Gasteiger partial charge in [-0.1, -0.05) is 11.6 Å². The van der Waals surface area contributed by atoms with Crippen molar-refractivity contribution in [2.24, 2.45) is 0 Å². The van der Waals surface area contributed by atoms with Crippen LogP contribution in [0.15, 0.2) is 6.07 Å². The van der Waals surface area contributed by atoms with Crippen LogP contribution in [-0.2, 0) is 0 Å². The third-order valence-electron chi connectivity index (χ3n) is 2.17. The molecule has 1 fully saturated rings. The fourth-order valence-corrected chi connectivity index (χ4v) is 1.51. The SMILES string of the molecule is O=C(O)Nc1cc(F)c(Cl)nc1C1CC1. The van der Waals surface area contributed by atoms with Crippen molar-refractivity contribution in [2.75, 3.05) is 5.32 Å². The largest absolute Gasteiger partial charge is 0.465 e. The lowest BCUT2D eigenvalue weighted by atomic mass is 10.2. The van der Waals surface area contributed by atoms with Gasteiger partial charge in [-0.25, -0.2) is 14.2 Å². The van der Waals surface area contributed by atoms with Crippen LogP contribution in [0, 0.1) is 5.82 Å². The predicted molar refractivity (Wildman–Crippen MR) is 52.8 cm³/mol. The van der Waals surface area contributed by atoms with Gasteiger partial charge in [-0.15, -0.1) is 0 Å². The van der Waals surface area contributed by atoms with Gasteiger partial charge in [0.1, 0.15) is 0 Å². The third-order valence-corrected chi connectivity index (χ3v) is 2.43. The van der Waals surface area contributed by atoms with Crippen LogP contribution >= 0.6 is 11.6 Å². The molecule has 1 aliphatic carbocycles. The molecule has 1 amide bonds. The van der Waals surface area contributed by atoms with Gasteiger partial charge >= 0.3 is 6.09 Å². The molecule has 2 N–H and O–H groups in total. The lowest BCUT2D eigenvalue weighted by molar-refractivity contribution is 0.209. The number of halogens is 2. The van der Waals surface area contributed by atoms with Gasteiger partial charge in [-0.2, -0.15) is 0 Å². The molecule has 2 rings (SSSR count). The van der Waals surface area contributed by atoms with Crippen molar-refractivity contribution < 1.29 is 14.3 Å². The number of hydrogen-bond acceptors (Lipinski definition) is 2. The molecule has 0 aliphatic heterocycles. The highest BCUT2D eigenvalue weighted by molar-refractivity contribution is 6.29. The van der Waals surface area contributed by atoms with Crippen molar-refractivity contribution in [3.8, 4) is 0 Å². The van der Waals surface area contributed by atoms with Crippen LogP contribution in [-0.4, -0.2) is 16.2 Å². The highest BCUT2D eigenvalue weighted by Crippen LogP contribution is 2.43. The van der Waals surface area contributed by atoms with Crippen molar-refractivity contribution in [3.05, 3.63) is 22.7 Å². The van der Waals surface area contributed by atoms with Crippen LogP contribution in [0.25, 0.3) is 0 Å². The van der Waals surface area contributed by atoms with Gasteiger partial charge in [0.25, 0.3) is 0 Å². The van der Waals surface area contributed by atoms with E-state index >= 15 is 0 Å². The first-order valence-corrected chi connectivity index (χ1v) is 4.81. The van der Waals surface area contributed by atoms with E-state index in [4.69, 9.17) is 16.7 Å². The van der Waals surface area contributed by atoms with Crippen molar-refractivity contribution in [3.63, 3.8) is 0 Å². The Morgan fingerprint density at radius 1 is 1.67 bits per heavy atom. The minimum absolute atomic E-state index is 0.187. The zero-order chi connectivity index (χ0) is 11.0. The first-order valence-electron chi connectivity index (χ1n) is 4.44. The van der Waals surface area contributed by atoms with E-state index in [1.54, 1.807) is 0 Å². The molecule has 0 radical (unpaired) electrons. The van der Waals surface area contributed by atoms with Gasteiger partial charge in [0.15, 0.2) is 11.0 Å². The second-order valence-electron chi connectivity index (χ2n) is 3.40. The average molecular weight is 231 g/mol. The number of carboxylic acid groups (broad SMARTS) is 1. The standard InChI is InChI=1S/C9H8ClFN2O2/c10-8-5(11)3-6(12-9(14)15)7(13-8)4-1-2-4/h3-4,12H,1-2H2,(H,14,15). The Kier molecular flexibility index (Phi) is 2.48. The summed E-state index contributed by atoms with van der Waals surface area (Å²) in [5.41, 5.74) is 0.718. The lowest BCUT2D eigenvalue weighted by Crippen LogP contribution is -2.10. The number of aromatic nitrogens is 1. The molecule has 0 aromatic carbocycles. The average Bonchev–Trinajstić information content (AvgIpc) is 2.93. The number of hydrogen-bond donors (Lipinski definition) is 2. The van der Waals surface area contributed by atoms with E-state index in [9.17, 15) is 9.18 Å². The summed E-state index contributed by atoms with van der Waals surface area (Å²) < 4.78 is 13.1. The molecule has 1 heterocycles. The molecule has 1 aromatic heterocycles. The van der Waals surface area contributed by atoms with Gasteiger partial charge in [0.05, 0.1) is 11.4 Å². The first-order chi connectivity index (χ1) is 7.08. The maximum absolute atomic E-state index is 13.1. The summed E-state index contributed by atoms with van der Waals surface area (Å²) in [7, 11) is 0. The molecule has 15 heavy (non-hydrogen) atoms. The number of nitrogens with zero attached hydrogens (tertiary/aromatic N) is 1. The fourth-order valence-electron chi connectivity index (χ4n) is 1.36. The van der Waals surface area contributed by atoms with Crippen LogP contribution in [0.1, 0.15) is 24.5 Å². The molecule has 1 saturated carbocycles. The maximum atomic E-state index is 13.1. The van der Waals surface area contributed by atoms with Gasteiger partial charge in [-0.3, -0.25) is 5.32 Å². The molecule has 6 heteroatoms. The van der Waals surface area contributed by atoms with Gasteiger partial charge in [0, 0.05) is 12.0 Å². The Morgan fingerprint density at radius 3 is 2.87 bits per heavy atom. The van der Waals surface area contributed by atoms with Crippen LogP contribution in [0.4, 0.5) is 14.9 Å². The minimum Gasteiger partial charge on any atom is -0.465 e. The fraction of sp³-hybridized carbons (Fsp3) is 0.333. The summed E-state index contributed by atoms with van der Waals surface area (Å²) >= 11 is 5.53.